The lowest BCUT2D eigenvalue weighted by atomic mass is 10.2. The molecule has 170 valence electrons. The second kappa shape index (κ2) is 8.95. The van der Waals surface area contributed by atoms with E-state index in [2.05, 4.69) is 15.4 Å². The highest BCUT2D eigenvalue weighted by Crippen LogP contribution is 2.26. The van der Waals surface area contributed by atoms with Gasteiger partial charge < -0.3 is 10.1 Å². The SMILES string of the molecule is O=C(Cn1nc2c(Oc3ccc(F)cc3)nc3ccccc3n2c1=O)NCc1ccccc1Cl. The summed E-state index contributed by atoms with van der Waals surface area (Å²) < 4.78 is 21.5. The van der Waals surface area contributed by atoms with Gasteiger partial charge in [0.15, 0.2) is 0 Å². The van der Waals surface area contributed by atoms with Gasteiger partial charge in [-0.15, -0.1) is 5.10 Å². The summed E-state index contributed by atoms with van der Waals surface area (Å²) in [5.41, 5.74) is 1.37. The molecule has 0 bridgehead atoms. The fraction of sp³-hybridized carbons (Fsp3) is 0.0833. The molecule has 1 N–H and O–H groups in total. The summed E-state index contributed by atoms with van der Waals surface area (Å²) in [7, 11) is 0. The van der Waals surface area contributed by atoms with Crippen molar-refractivity contribution < 1.29 is 13.9 Å². The van der Waals surface area contributed by atoms with Crippen LogP contribution in [0.2, 0.25) is 5.02 Å². The molecule has 0 unspecified atom stereocenters. The molecule has 0 fully saturated rings. The summed E-state index contributed by atoms with van der Waals surface area (Å²) >= 11 is 6.13. The molecule has 34 heavy (non-hydrogen) atoms. The fourth-order valence-electron chi connectivity index (χ4n) is 3.48. The fourth-order valence-corrected chi connectivity index (χ4v) is 3.69. The zero-order chi connectivity index (χ0) is 23.7. The van der Waals surface area contributed by atoms with Gasteiger partial charge in [0.1, 0.15) is 18.1 Å². The Bertz CT molecular complexity index is 1580. The van der Waals surface area contributed by atoms with Crippen molar-refractivity contribution >= 4 is 34.2 Å². The normalized spacial score (nSPS) is 11.1. The van der Waals surface area contributed by atoms with Gasteiger partial charge in [0.25, 0.3) is 5.88 Å². The standard InChI is InChI=1S/C24H17ClFN5O3/c25-18-6-2-1-5-15(18)13-27-21(32)14-30-24(33)31-20-8-4-3-7-19(20)28-23(22(31)29-30)34-17-11-9-16(26)10-12-17/h1-12H,13-14H2,(H,27,32). The first-order chi connectivity index (χ1) is 16.5. The van der Waals surface area contributed by atoms with Crippen molar-refractivity contribution in [2.75, 3.05) is 0 Å². The first kappa shape index (κ1) is 21.6. The first-order valence-corrected chi connectivity index (χ1v) is 10.7. The number of halogens is 2. The molecule has 0 saturated heterocycles. The lowest BCUT2D eigenvalue weighted by Crippen LogP contribution is -2.32. The van der Waals surface area contributed by atoms with E-state index < -0.39 is 17.4 Å². The van der Waals surface area contributed by atoms with Crippen molar-refractivity contribution in [3.05, 3.63) is 99.7 Å². The third-order valence-corrected chi connectivity index (χ3v) is 5.50. The summed E-state index contributed by atoms with van der Waals surface area (Å²) in [6.07, 6.45) is 0. The van der Waals surface area contributed by atoms with Crippen molar-refractivity contribution in [3.8, 4) is 11.6 Å². The van der Waals surface area contributed by atoms with Crippen molar-refractivity contribution in [2.24, 2.45) is 0 Å². The van der Waals surface area contributed by atoms with Crippen molar-refractivity contribution in [1.82, 2.24) is 24.5 Å². The third kappa shape index (κ3) is 4.20. The molecular weight excluding hydrogens is 461 g/mol. The van der Waals surface area contributed by atoms with Gasteiger partial charge in [0, 0.05) is 11.6 Å². The number of nitrogens with zero attached hydrogens (tertiary/aromatic N) is 4. The number of hydrogen-bond donors (Lipinski definition) is 1. The highest BCUT2D eigenvalue weighted by Gasteiger charge is 2.19. The minimum Gasteiger partial charge on any atom is -0.436 e. The average Bonchev–Trinajstić information content (AvgIpc) is 3.16. The number of benzene rings is 3. The third-order valence-electron chi connectivity index (χ3n) is 5.13. The number of amides is 1. The van der Waals surface area contributed by atoms with E-state index in [0.29, 0.717) is 21.8 Å². The van der Waals surface area contributed by atoms with Crippen molar-refractivity contribution in [1.29, 1.82) is 0 Å². The Morgan fingerprint density at radius 2 is 1.76 bits per heavy atom. The zero-order valence-electron chi connectivity index (χ0n) is 17.6. The van der Waals surface area contributed by atoms with Crippen LogP contribution in [0.25, 0.3) is 16.7 Å². The Balaban J connectivity index is 1.49. The second-order valence-corrected chi connectivity index (χ2v) is 7.84. The van der Waals surface area contributed by atoms with Crippen LogP contribution in [-0.2, 0) is 17.9 Å². The zero-order valence-corrected chi connectivity index (χ0v) is 18.4. The number of carbonyl (C=O) groups excluding carboxylic acids is 1. The summed E-state index contributed by atoms with van der Waals surface area (Å²) in [6, 6.07) is 19.5. The molecule has 1 amide bonds. The summed E-state index contributed by atoms with van der Waals surface area (Å²) in [4.78, 5) is 30.2. The minimum atomic E-state index is -0.523. The highest BCUT2D eigenvalue weighted by atomic mass is 35.5. The van der Waals surface area contributed by atoms with Crippen molar-refractivity contribution in [2.45, 2.75) is 13.1 Å². The highest BCUT2D eigenvalue weighted by molar-refractivity contribution is 6.31. The Labute approximate surface area is 197 Å². The summed E-state index contributed by atoms with van der Waals surface area (Å²) in [6.45, 7) is -0.0979. The predicted molar refractivity (Wildman–Crippen MR) is 125 cm³/mol. The molecule has 2 heterocycles. The Morgan fingerprint density at radius 3 is 2.56 bits per heavy atom. The first-order valence-electron chi connectivity index (χ1n) is 10.3. The largest absolute Gasteiger partial charge is 0.436 e. The lowest BCUT2D eigenvalue weighted by Gasteiger charge is -2.07. The topological polar surface area (TPSA) is 90.5 Å². The van der Waals surface area contributed by atoms with E-state index in [-0.39, 0.29) is 24.6 Å². The van der Waals surface area contributed by atoms with Crippen LogP contribution < -0.4 is 15.7 Å². The molecule has 0 spiro atoms. The molecule has 0 aliphatic heterocycles. The van der Waals surface area contributed by atoms with Crippen LogP contribution >= 0.6 is 11.6 Å². The maximum Gasteiger partial charge on any atom is 0.351 e. The number of carbonyl (C=O) groups is 1. The minimum absolute atomic E-state index is 0.0534. The molecule has 5 aromatic rings. The molecule has 5 rings (SSSR count). The molecule has 8 nitrogen and oxygen atoms in total. The Hall–Kier alpha value is -4.24. The number of hydrogen-bond acceptors (Lipinski definition) is 5. The van der Waals surface area contributed by atoms with Crippen LogP contribution in [-0.4, -0.2) is 25.1 Å². The summed E-state index contributed by atoms with van der Waals surface area (Å²) in [5.74, 6) is -0.445. The van der Waals surface area contributed by atoms with Gasteiger partial charge in [0.05, 0.1) is 11.0 Å². The van der Waals surface area contributed by atoms with Gasteiger partial charge in [-0.2, -0.15) is 0 Å². The monoisotopic (exact) mass is 477 g/mol. The number of ether oxygens (including phenoxy) is 1. The molecule has 3 aromatic carbocycles. The van der Waals surface area contributed by atoms with E-state index in [1.807, 2.05) is 6.07 Å². The van der Waals surface area contributed by atoms with Gasteiger partial charge in [-0.05, 0) is 48.0 Å². The molecule has 0 aliphatic rings. The summed E-state index contributed by atoms with van der Waals surface area (Å²) in [5, 5.41) is 7.58. The van der Waals surface area contributed by atoms with E-state index in [4.69, 9.17) is 16.3 Å². The number of nitrogens with one attached hydrogen (secondary N) is 1. The van der Waals surface area contributed by atoms with Crippen LogP contribution in [0.15, 0.2) is 77.6 Å². The van der Waals surface area contributed by atoms with Gasteiger partial charge in [-0.25, -0.2) is 23.3 Å². The molecular formula is C24H17ClFN5O3. The number of fused-ring (bicyclic) bond motifs is 3. The van der Waals surface area contributed by atoms with E-state index in [1.54, 1.807) is 42.5 Å². The van der Waals surface area contributed by atoms with Gasteiger partial charge in [-0.3, -0.25) is 4.79 Å². The second-order valence-electron chi connectivity index (χ2n) is 7.43. The molecule has 10 heteroatoms. The van der Waals surface area contributed by atoms with E-state index in [9.17, 15) is 14.0 Å². The quantitative estimate of drug-likeness (QED) is 0.400. The molecule has 2 aromatic heterocycles. The van der Waals surface area contributed by atoms with E-state index in [0.717, 1.165) is 10.2 Å². The molecule has 0 atom stereocenters. The van der Waals surface area contributed by atoms with Crippen LogP contribution in [0.3, 0.4) is 0 Å². The van der Waals surface area contributed by atoms with E-state index in [1.165, 1.54) is 28.7 Å². The number of aromatic nitrogens is 4. The molecule has 0 aliphatic carbocycles. The maximum absolute atomic E-state index is 13.3. The van der Waals surface area contributed by atoms with Crippen LogP contribution in [0.4, 0.5) is 4.39 Å². The molecule has 0 saturated carbocycles. The number of rotatable bonds is 6. The van der Waals surface area contributed by atoms with Crippen LogP contribution in [0.1, 0.15) is 5.56 Å². The van der Waals surface area contributed by atoms with Gasteiger partial charge >= 0.3 is 5.69 Å². The number of para-hydroxylation sites is 2. The average molecular weight is 478 g/mol. The maximum atomic E-state index is 13.3. The Morgan fingerprint density at radius 1 is 1.03 bits per heavy atom. The van der Waals surface area contributed by atoms with E-state index >= 15 is 0 Å². The Kier molecular flexibility index (Phi) is 5.69. The lowest BCUT2D eigenvalue weighted by molar-refractivity contribution is -0.122. The molecule has 0 radical (unpaired) electrons. The van der Waals surface area contributed by atoms with Crippen molar-refractivity contribution in [3.63, 3.8) is 0 Å². The van der Waals surface area contributed by atoms with Gasteiger partial charge in [0.2, 0.25) is 11.6 Å². The van der Waals surface area contributed by atoms with Gasteiger partial charge in [-0.1, -0.05) is 41.9 Å². The smallest absolute Gasteiger partial charge is 0.351 e. The van der Waals surface area contributed by atoms with Crippen LogP contribution in [0, 0.1) is 5.82 Å². The van der Waals surface area contributed by atoms with Crippen LogP contribution in [0.5, 0.6) is 11.6 Å². The predicted octanol–water partition coefficient (Wildman–Crippen LogP) is 3.95.